The van der Waals surface area contributed by atoms with Gasteiger partial charge in [-0.05, 0) is 43.4 Å². The molecule has 1 heterocycles. The number of carbonyl (C=O) groups excluding carboxylic acids is 1. The third-order valence-electron chi connectivity index (χ3n) is 4.05. The van der Waals surface area contributed by atoms with Crippen LogP contribution in [0.3, 0.4) is 0 Å². The van der Waals surface area contributed by atoms with E-state index in [-0.39, 0.29) is 11.5 Å². The highest BCUT2D eigenvalue weighted by atomic mass is 19.1. The van der Waals surface area contributed by atoms with E-state index in [4.69, 9.17) is 5.73 Å². The minimum atomic E-state index is -0.487. The fraction of sp³-hybridized carbons (Fsp3) is 0.562. The number of nitrogens with zero attached hydrogens (tertiary/aromatic N) is 1. The predicted molar refractivity (Wildman–Crippen MR) is 79.0 cm³/mol. The first-order chi connectivity index (χ1) is 9.61. The maximum atomic E-state index is 13.8. The van der Waals surface area contributed by atoms with Gasteiger partial charge in [0.2, 0.25) is 0 Å². The molecule has 2 rings (SSSR count). The van der Waals surface area contributed by atoms with Crippen LogP contribution < -0.4 is 5.73 Å². The van der Waals surface area contributed by atoms with Crippen molar-refractivity contribution in [1.29, 1.82) is 0 Å². The maximum Gasteiger partial charge on any atom is 0.256 e. The maximum absolute atomic E-state index is 13.8. The summed E-state index contributed by atoms with van der Waals surface area (Å²) < 4.78 is 13.8. The Balaban J connectivity index is 2.07. The topological polar surface area (TPSA) is 46.3 Å². The largest absolute Gasteiger partial charge is 0.399 e. The van der Waals surface area contributed by atoms with Crippen molar-refractivity contribution in [2.75, 3.05) is 18.8 Å². The summed E-state index contributed by atoms with van der Waals surface area (Å²) >= 11 is 0. The summed E-state index contributed by atoms with van der Waals surface area (Å²) in [5, 5.41) is 0. The first kappa shape index (κ1) is 14.8. The van der Waals surface area contributed by atoms with E-state index in [2.05, 4.69) is 6.92 Å². The molecule has 1 aliphatic rings. The fourth-order valence-electron chi connectivity index (χ4n) is 2.94. The van der Waals surface area contributed by atoms with Gasteiger partial charge < -0.3 is 10.6 Å². The first-order valence-electron chi connectivity index (χ1n) is 7.46. The number of nitrogens with two attached hydrogens (primary N) is 1. The second-order valence-electron chi connectivity index (χ2n) is 5.62. The molecule has 110 valence electrons. The summed E-state index contributed by atoms with van der Waals surface area (Å²) in [6.07, 6.45) is 5.58. The van der Waals surface area contributed by atoms with E-state index in [1.165, 1.54) is 31.0 Å². The summed E-state index contributed by atoms with van der Waals surface area (Å²) in [4.78, 5) is 14.2. The molecule has 0 aliphatic carbocycles. The molecule has 1 saturated heterocycles. The lowest BCUT2D eigenvalue weighted by Crippen LogP contribution is -2.32. The van der Waals surface area contributed by atoms with Crippen LogP contribution in [-0.2, 0) is 0 Å². The lowest BCUT2D eigenvalue weighted by atomic mass is 9.96. The predicted octanol–water partition coefficient (Wildman–Crippen LogP) is 3.45. The molecular weight excluding hydrogens is 255 g/mol. The van der Waals surface area contributed by atoms with Crippen molar-refractivity contribution in [1.82, 2.24) is 4.90 Å². The minimum Gasteiger partial charge on any atom is -0.399 e. The van der Waals surface area contributed by atoms with Gasteiger partial charge in [-0.15, -0.1) is 0 Å². The second-order valence-corrected chi connectivity index (χ2v) is 5.62. The molecule has 2 N–H and O–H groups in total. The quantitative estimate of drug-likeness (QED) is 0.861. The van der Waals surface area contributed by atoms with Gasteiger partial charge >= 0.3 is 0 Å². The van der Waals surface area contributed by atoms with Gasteiger partial charge in [-0.25, -0.2) is 4.39 Å². The molecule has 1 unspecified atom stereocenters. The third kappa shape index (κ3) is 3.50. The molecule has 1 fully saturated rings. The van der Waals surface area contributed by atoms with E-state index in [9.17, 15) is 9.18 Å². The Morgan fingerprint density at radius 2 is 2.20 bits per heavy atom. The van der Waals surface area contributed by atoms with Crippen molar-refractivity contribution < 1.29 is 9.18 Å². The van der Waals surface area contributed by atoms with Crippen molar-refractivity contribution in [3.05, 3.63) is 29.6 Å². The average Bonchev–Trinajstić information content (AvgIpc) is 2.67. The molecule has 0 spiro atoms. The Bertz CT molecular complexity index is 476. The fourth-order valence-corrected chi connectivity index (χ4v) is 2.94. The van der Waals surface area contributed by atoms with Gasteiger partial charge in [0, 0.05) is 18.8 Å². The van der Waals surface area contributed by atoms with E-state index in [0.717, 1.165) is 25.8 Å². The molecule has 4 heteroatoms. The van der Waals surface area contributed by atoms with Crippen LogP contribution in [0.25, 0.3) is 0 Å². The molecule has 0 saturated carbocycles. The number of benzene rings is 1. The Labute approximate surface area is 120 Å². The van der Waals surface area contributed by atoms with Crippen LogP contribution in [0.1, 0.15) is 49.4 Å². The van der Waals surface area contributed by atoms with Crippen molar-refractivity contribution >= 4 is 11.6 Å². The summed E-state index contributed by atoms with van der Waals surface area (Å²) in [6, 6.07) is 4.18. The molecule has 0 aromatic heterocycles. The number of nitrogen functional groups attached to an aromatic ring is 1. The highest BCUT2D eigenvalue weighted by molar-refractivity contribution is 5.95. The zero-order valence-corrected chi connectivity index (χ0v) is 12.1. The standard InChI is InChI=1S/C16H23FN2O/c1-2-4-12-5-3-9-19(10-8-12)16(20)14-11-13(18)6-7-15(14)17/h6-7,11-12H,2-5,8-10,18H2,1H3. The van der Waals surface area contributed by atoms with Gasteiger partial charge in [0.25, 0.3) is 5.91 Å². The number of carbonyl (C=O) groups is 1. The van der Waals surface area contributed by atoms with Crippen LogP contribution in [-0.4, -0.2) is 23.9 Å². The van der Waals surface area contributed by atoms with E-state index in [0.29, 0.717) is 18.2 Å². The Kier molecular flexibility index (Phi) is 4.99. The molecule has 1 aromatic carbocycles. The summed E-state index contributed by atoms with van der Waals surface area (Å²) in [5.74, 6) is -0.0195. The average molecular weight is 278 g/mol. The number of anilines is 1. The van der Waals surface area contributed by atoms with Crippen LogP contribution in [0.2, 0.25) is 0 Å². The molecule has 0 radical (unpaired) electrons. The van der Waals surface area contributed by atoms with Gasteiger partial charge in [0.1, 0.15) is 5.82 Å². The van der Waals surface area contributed by atoms with Crippen molar-refractivity contribution in [3.63, 3.8) is 0 Å². The lowest BCUT2D eigenvalue weighted by Gasteiger charge is -2.21. The van der Waals surface area contributed by atoms with Crippen LogP contribution in [0, 0.1) is 11.7 Å². The van der Waals surface area contributed by atoms with Crippen molar-refractivity contribution in [3.8, 4) is 0 Å². The van der Waals surface area contributed by atoms with Gasteiger partial charge in [0.05, 0.1) is 5.56 Å². The Morgan fingerprint density at radius 1 is 1.40 bits per heavy atom. The summed E-state index contributed by atoms with van der Waals surface area (Å²) in [6.45, 7) is 3.63. The lowest BCUT2D eigenvalue weighted by molar-refractivity contribution is 0.0755. The minimum absolute atomic E-state index is 0.0962. The second kappa shape index (κ2) is 6.73. The van der Waals surface area contributed by atoms with Gasteiger partial charge in [-0.2, -0.15) is 0 Å². The molecule has 1 aromatic rings. The summed E-state index contributed by atoms with van der Waals surface area (Å²) in [7, 11) is 0. The van der Waals surface area contributed by atoms with Crippen molar-refractivity contribution in [2.45, 2.75) is 39.0 Å². The van der Waals surface area contributed by atoms with E-state index in [1.54, 1.807) is 4.90 Å². The summed E-state index contributed by atoms with van der Waals surface area (Å²) in [5.41, 5.74) is 6.17. The zero-order chi connectivity index (χ0) is 14.5. The molecule has 1 amide bonds. The number of halogens is 1. The normalized spacial score (nSPS) is 19.7. The van der Waals surface area contributed by atoms with E-state index in [1.807, 2.05) is 0 Å². The van der Waals surface area contributed by atoms with Gasteiger partial charge in [-0.1, -0.05) is 19.8 Å². The van der Waals surface area contributed by atoms with Gasteiger partial charge in [0.15, 0.2) is 0 Å². The van der Waals surface area contributed by atoms with E-state index < -0.39 is 5.82 Å². The number of likely N-dealkylation sites (tertiary alicyclic amines) is 1. The highest BCUT2D eigenvalue weighted by Gasteiger charge is 2.23. The molecule has 1 atom stereocenters. The number of hydrogen-bond donors (Lipinski definition) is 1. The zero-order valence-electron chi connectivity index (χ0n) is 12.1. The SMILES string of the molecule is CCCC1CCCN(C(=O)c2cc(N)ccc2F)CC1. The smallest absolute Gasteiger partial charge is 0.256 e. The van der Waals surface area contributed by atoms with Crippen LogP contribution in [0.4, 0.5) is 10.1 Å². The number of hydrogen-bond acceptors (Lipinski definition) is 2. The molecular formula is C16H23FN2O. The van der Waals surface area contributed by atoms with Gasteiger partial charge in [-0.3, -0.25) is 4.79 Å². The third-order valence-corrected chi connectivity index (χ3v) is 4.05. The van der Waals surface area contributed by atoms with E-state index >= 15 is 0 Å². The van der Waals surface area contributed by atoms with Crippen LogP contribution in [0.5, 0.6) is 0 Å². The molecule has 1 aliphatic heterocycles. The van der Waals surface area contributed by atoms with Crippen LogP contribution in [0.15, 0.2) is 18.2 Å². The van der Waals surface area contributed by atoms with Crippen molar-refractivity contribution in [2.24, 2.45) is 5.92 Å². The number of amides is 1. The molecule has 20 heavy (non-hydrogen) atoms. The molecule has 3 nitrogen and oxygen atoms in total. The first-order valence-corrected chi connectivity index (χ1v) is 7.46. The highest BCUT2D eigenvalue weighted by Crippen LogP contribution is 2.23. The number of rotatable bonds is 3. The Hall–Kier alpha value is -1.58. The van der Waals surface area contributed by atoms with Crippen LogP contribution >= 0.6 is 0 Å². The Morgan fingerprint density at radius 3 is 2.95 bits per heavy atom. The monoisotopic (exact) mass is 278 g/mol. The molecule has 0 bridgehead atoms.